The van der Waals surface area contributed by atoms with Gasteiger partial charge in [0.25, 0.3) is 11.8 Å². The fourth-order valence-electron chi connectivity index (χ4n) is 7.02. The Morgan fingerprint density at radius 3 is 2.37 bits per heavy atom. The summed E-state index contributed by atoms with van der Waals surface area (Å²) in [6.07, 6.45) is 4.14. The smallest absolute Gasteiger partial charge is 0.332 e. The Balaban J connectivity index is 1.31. The van der Waals surface area contributed by atoms with Crippen molar-refractivity contribution in [1.82, 2.24) is 20.0 Å². The van der Waals surface area contributed by atoms with E-state index in [0.29, 0.717) is 36.9 Å². The molecule has 222 valence electrons. The van der Waals surface area contributed by atoms with Crippen LogP contribution in [0.5, 0.6) is 0 Å². The number of urea groups is 2. The average molecular weight is 584 g/mol. The summed E-state index contributed by atoms with van der Waals surface area (Å²) in [5.41, 5.74) is 1.55. The first kappa shape index (κ1) is 28.3. The predicted molar refractivity (Wildman–Crippen MR) is 156 cm³/mol. The largest absolute Gasteiger partial charge is 0.367 e. The van der Waals surface area contributed by atoms with Crippen LogP contribution >= 0.6 is 0 Å². The van der Waals surface area contributed by atoms with Gasteiger partial charge in [0.15, 0.2) is 5.41 Å². The van der Waals surface area contributed by atoms with Gasteiger partial charge in [0.05, 0.1) is 6.04 Å². The molecule has 8 amide bonds. The highest BCUT2D eigenvalue weighted by Crippen LogP contribution is 2.49. The van der Waals surface area contributed by atoms with E-state index in [0.717, 1.165) is 32.4 Å². The van der Waals surface area contributed by atoms with Gasteiger partial charge >= 0.3 is 12.1 Å². The van der Waals surface area contributed by atoms with Crippen LogP contribution in [0.4, 0.5) is 15.3 Å². The molecule has 0 saturated carbocycles. The van der Waals surface area contributed by atoms with E-state index in [1.54, 1.807) is 19.1 Å². The summed E-state index contributed by atoms with van der Waals surface area (Å²) in [6, 6.07) is 12.9. The third-order valence-electron chi connectivity index (χ3n) is 9.23. The lowest BCUT2D eigenvalue weighted by Crippen LogP contribution is -2.70. The fraction of sp³-hybridized carbons (Fsp3) is 0.375. The van der Waals surface area contributed by atoms with Crippen molar-refractivity contribution in [3.05, 3.63) is 70.8 Å². The van der Waals surface area contributed by atoms with Crippen molar-refractivity contribution in [3.8, 4) is 0 Å². The zero-order chi connectivity index (χ0) is 30.6. The van der Waals surface area contributed by atoms with E-state index in [9.17, 15) is 28.8 Å². The highest BCUT2D eigenvalue weighted by Gasteiger charge is 2.63. The van der Waals surface area contributed by atoms with Crippen molar-refractivity contribution in [1.29, 1.82) is 0 Å². The molecule has 0 aliphatic carbocycles. The van der Waals surface area contributed by atoms with E-state index in [1.807, 2.05) is 36.4 Å². The van der Waals surface area contributed by atoms with Gasteiger partial charge in [-0.25, -0.2) is 9.59 Å². The Bertz CT molecular complexity index is 1580. The molecule has 2 aromatic carbocycles. The number of imide groups is 4. The lowest BCUT2D eigenvalue weighted by molar-refractivity contribution is -0.159. The van der Waals surface area contributed by atoms with Gasteiger partial charge in [0.2, 0.25) is 11.8 Å². The van der Waals surface area contributed by atoms with Crippen LogP contribution in [0.15, 0.2) is 54.1 Å². The molecule has 0 radical (unpaired) electrons. The minimum absolute atomic E-state index is 0.0847. The third-order valence-corrected chi connectivity index (χ3v) is 9.23. The van der Waals surface area contributed by atoms with Crippen LogP contribution in [0, 0.1) is 5.41 Å². The second-order valence-electron chi connectivity index (χ2n) is 11.8. The van der Waals surface area contributed by atoms with Crippen molar-refractivity contribution in [2.24, 2.45) is 5.41 Å². The summed E-state index contributed by atoms with van der Waals surface area (Å²) in [5, 5.41) is 2.29. The number of carbonyl (C=O) groups is 6. The molecule has 2 atom stereocenters. The van der Waals surface area contributed by atoms with Crippen molar-refractivity contribution < 1.29 is 28.8 Å². The zero-order valence-electron chi connectivity index (χ0n) is 24.3. The van der Waals surface area contributed by atoms with Gasteiger partial charge in [0.1, 0.15) is 5.57 Å². The van der Waals surface area contributed by atoms with Crippen LogP contribution < -0.4 is 10.2 Å². The maximum atomic E-state index is 13.7. The standard InChI is InChI=1S/C32H33N5O6/c1-19(11-12-20-8-5-4-6-9-20)37-27(39)23(26(38)33-30(37)42)17-21-13-14-24-22(16-21)18-32(25-10-7-15-36(24)25)28(40)34(2)31(43)35(3)29(32)41/h4-6,8-9,13-14,16-17,19,25H,7,10-12,15,18H2,1-3H3,(H,33,38,42)/b23-17+/t19-,25+/m0/s1. The molecule has 2 aromatic rings. The first-order valence-electron chi connectivity index (χ1n) is 14.5. The van der Waals surface area contributed by atoms with Gasteiger partial charge in [0, 0.05) is 32.4 Å². The van der Waals surface area contributed by atoms with Crippen molar-refractivity contribution >= 4 is 47.5 Å². The molecule has 4 aliphatic rings. The topological polar surface area (TPSA) is 127 Å². The van der Waals surface area contributed by atoms with Crippen molar-refractivity contribution in [2.45, 2.75) is 51.1 Å². The number of hydrogen-bond donors (Lipinski definition) is 1. The van der Waals surface area contributed by atoms with E-state index in [-0.39, 0.29) is 18.0 Å². The zero-order valence-corrected chi connectivity index (χ0v) is 24.3. The van der Waals surface area contributed by atoms with E-state index in [2.05, 4.69) is 10.2 Å². The van der Waals surface area contributed by atoms with E-state index >= 15 is 0 Å². The van der Waals surface area contributed by atoms with Crippen molar-refractivity contribution in [2.75, 3.05) is 25.5 Å². The number of fused-ring (bicyclic) bond motifs is 4. The summed E-state index contributed by atoms with van der Waals surface area (Å²) < 4.78 is 0. The van der Waals surface area contributed by atoms with Gasteiger partial charge in [-0.05, 0) is 73.9 Å². The van der Waals surface area contributed by atoms with Gasteiger partial charge < -0.3 is 4.90 Å². The molecule has 4 heterocycles. The number of carbonyl (C=O) groups excluding carboxylic acids is 6. The number of aryl methyl sites for hydroxylation is 1. The number of rotatable bonds is 5. The molecule has 6 rings (SSSR count). The molecule has 3 fully saturated rings. The maximum Gasteiger partial charge on any atom is 0.332 e. The van der Waals surface area contributed by atoms with Gasteiger partial charge in [-0.1, -0.05) is 36.4 Å². The SMILES string of the molecule is C[C@@H](CCc1ccccc1)N1C(=O)NC(=O)/C(=C\c2ccc3c(c2)CC2(C(=O)N(C)C(=O)N(C)C2=O)[C@H]2CCCN32)C1=O. The van der Waals surface area contributed by atoms with E-state index < -0.39 is 47.1 Å². The molecule has 3 saturated heterocycles. The number of barbiturate groups is 2. The molecular formula is C32H33N5O6. The highest BCUT2D eigenvalue weighted by molar-refractivity contribution is 6.31. The number of nitrogens with zero attached hydrogens (tertiary/aromatic N) is 4. The molecule has 0 bridgehead atoms. The molecule has 0 aromatic heterocycles. The van der Waals surface area contributed by atoms with Crippen LogP contribution in [-0.2, 0) is 32.0 Å². The predicted octanol–water partition coefficient (Wildman–Crippen LogP) is 2.73. The van der Waals surface area contributed by atoms with Crippen LogP contribution in [0.2, 0.25) is 0 Å². The summed E-state index contributed by atoms with van der Waals surface area (Å²) in [5.74, 6) is -2.50. The highest BCUT2D eigenvalue weighted by atomic mass is 16.2. The number of anilines is 1. The second kappa shape index (κ2) is 10.5. The fourth-order valence-corrected chi connectivity index (χ4v) is 7.02. The lowest BCUT2D eigenvalue weighted by Gasteiger charge is -2.50. The molecule has 4 aliphatic heterocycles. The van der Waals surface area contributed by atoms with Crippen molar-refractivity contribution in [3.63, 3.8) is 0 Å². The second-order valence-corrected chi connectivity index (χ2v) is 11.8. The quantitative estimate of drug-likeness (QED) is 0.326. The van der Waals surface area contributed by atoms with E-state index in [1.165, 1.54) is 20.2 Å². The van der Waals surface area contributed by atoms with Crippen LogP contribution in [0.1, 0.15) is 42.9 Å². The molecular weight excluding hydrogens is 550 g/mol. The summed E-state index contributed by atoms with van der Waals surface area (Å²) in [7, 11) is 2.79. The molecule has 11 heteroatoms. The minimum atomic E-state index is -1.46. The lowest BCUT2D eigenvalue weighted by atomic mass is 9.68. The van der Waals surface area contributed by atoms with E-state index in [4.69, 9.17) is 0 Å². The number of hydrogen-bond acceptors (Lipinski definition) is 7. The first-order valence-corrected chi connectivity index (χ1v) is 14.5. The van der Waals surface area contributed by atoms with Crippen LogP contribution in [0.3, 0.4) is 0 Å². The molecule has 43 heavy (non-hydrogen) atoms. The molecule has 1 N–H and O–H groups in total. The maximum absolute atomic E-state index is 13.7. The van der Waals surface area contributed by atoms with Gasteiger partial charge in [-0.3, -0.25) is 39.2 Å². The normalized spacial score (nSPS) is 23.2. The Morgan fingerprint density at radius 2 is 1.67 bits per heavy atom. The van der Waals surface area contributed by atoms with Crippen LogP contribution in [0.25, 0.3) is 6.08 Å². The van der Waals surface area contributed by atoms with Gasteiger partial charge in [-0.2, -0.15) is 0 Å². The number of benzene rings is 2. The molecule has 0 unspecified atom stereocenters. The Hall–Kier alpha value is -4.80. The first-order chi connectivity index (χ1) is 20.5. The Labute approximate surface area is 249 Å². The molecule has 1 spiro atoms. The Morgan fingerprint density at radius 1 is 0.977 bits per heavy atom. The number of nitrogens with one attached hydrogen (secondary N) is 1. The summed E-state index contributed by atoms with van der Waals surface area (Å²) in [4.78, 5) is 84.1. The average Bonchev–Trinajstić information content (AvgIpc) is 3.50. The summed E-state index contributed by atoms with van der Waals surface area (Å²) in [6.45, 7) is 2.43. The Kier molecular flexibility index (Phi) is 6.90. The van der Waals surface area contributed by atoms with Crippen LogP contribution in [-0.4, -0.2) is 83.1 Å². The molecule has 11 nitrogen and oxygen atoms in total. The minimum Gasteiger partial charge on any atom is -0.367 e. The van der Waals surface area contributed by atoms with Gasteiger partial charge in [-0.15, -0.1) is 0 Å². The summed E-state index contributed by atoms with van der Waals surface area (Å²) >= 11 is 0. The number of amides is 8. The monoisotopic (exact) mass is 583 g/mol. The third kappa shape index (κ3) is 4.41.